The second kappa shape index (κ2) is 7.09. The van der Waals surface area contributed by atoms with E-state index in [-0.39, 0.29) is 10.8 Å². The van der Waals surface area contributed by atoms with Crippen molar-refractivity contribution < 1.29 is 13.2 Å². The van der Waals surface area contributed by atoms with Gasteiger partial charge in [-0.2, -0.15) is 0 Å². The smallest absolute Gasteiger partial charge is 0.257 e. The van der Waals surface area contributed by atoms with Crippen LogP contribution in [0.1, 0.15) is 10.4 Å². The molecular weight excluding hydrogens is 360 g/mol. The first-order valence-electron chi connectivity index (χ1n) is 7.20. The largest absolute Gasteiger partial charge is 0.298 e. The lowest BCUT2D eigenvalue weighted by molar-refractivity contribution is 0.102. The average molecular weight is 374 g/mol. The van der Waals surface area contributed by atoms with Crippen molar-refractivity contribution in [1.29, 1.82) is 0 Å². The summed E-state index contributed by atoms with van der Waals surface area (Å²) >= 11 is 1.30. The summed E-state index contributed by atoms with van der Waals surface area (Å²) in [5.41, 5.74) is 1.93. The lowest BCUT2D eigenvalue weighted by Crippen LogP contribution is -2.19. The molecule has 9 heteroatoms. The molecule has 7 nitrogen and oxygen atoms in total. The molecule has 1 amide bonds. The van der Waals surface area contributed by atoms with Gasteiger partial charge in [0.25, 0.3) is 5.91 Å². The summed E-state index contributed by atoms with van der Waals surface area (Å²) in [5, 5.41) is 4.99. The lowest BCUT2D eigenvalue weighted by atomic mass is 10.2. The maximum absolute atomic E-state index is 12.3. The number of pyridine rings is 1. The van der Waals surface area contributed by atoms with Crippen molar-refractivity contribution in [2.24, 2.45) is 0 Å². The Hall–Kier alpha value is -2.62. The van der Waals surface area contributed by atoms with Crippen LogP contribution < -0.4 is 10.0 Å². The lowest BCUT2D eigenvalue weighted by Gasteiger charge is -2.04. The summed E-state index contributed by atoms with van der Waals surface area (Å²) in [6.45, 7) is 0. The van der Waals surface area contributed by atoms with E-state index < -0.39 is 10.0 Å². The number of carbonyl (C=O) groups excluding carboxylic acids is 1. The van der Waals surface area contributed by atoms with Gasteiger partial charge in [-0.1, -0.05) is 0 Å². The van der Waals surface area contributed by atoms with E-state index in [2.05, 4.69) is 20.0 Å². The van der Waals surface area contributed by atoms with Gasteiger partial charge in [-0.15, -0.1) is 11.3 Å². The molecule has 0 radical (unpaired) electrons. The highest BCUT2D eigenvalue weighted by atomic mass is 32.2. The first-order valence-corrected chi connectivity index (χ1v) is 9.57. The predicted molar refractivity (Wildman–Crippen MR) is 96.0 cm³/mol. The second-order valence-electron chi connectivity index (χ2n) is 4.97. The summed E-state index contributed by atoms with van der Waals surface area (Å²) in [7, 11) is -2.19. The molecule has 128 valence electrons. The molecule has 3 rings (SSSR count). The first kappa shape index (κ1) is 17.2. The number of hydrogen-bond acceptors (Lipinski definition) is 6. The molecule has 0 aliphatic carbocycles. The number of nitrogens with zero attached hydrogens (tertiary/aromatic N) is 2. The molecule has 2 aromatic heterocycles. The number of nitrogens with one attached hydrogen (secondary N) is 2. The predicted octanol–water partition coefficient (Wildman–Crippen LogP) is 2.37. The van der Waals surface area contributed by atoms with Crippen LogP contribution in [-0.4, -0.2) is 31.3 Å². The van der Waals surface area contributed by atoms with Crippen molar-refractivity contribution in [1.82, 2.24) is 14.7 Å². The number of aromatic nitrogens is 2. The Bertz CT molecular complexity index is 984. The fourth-order valence-electron chi connectivity index (χ4n) is 2.05. The van der Waals surface area contributed by atoms with Crippen LogP contribution >= 0.6 is 11.3 Å². The van der Waals surface area contributed by atoms with Crippen LogP contribution in [0.15, 0.2) is 59.1 Å². The van der Waals surface area contributed by atoms with E-state index in [4.69, 9.17) is 0 Å². The first-order chi connectivity index (χ1) is 12.0. The number of rotatable bonds is 5. The van der Waals surface area contributed by atoms with Gasteiger partial charge in [0, 0.05) is 28.9 Å². The molecule has 0 aliphatic heterocycles. The molecule has 0 bridgehead atoms. The van der Waals surface area contributed by atoms with Gasteiger partial charge in [-0.3, -0.25) is 15.1 Å². The van der Waals surface area contributed by atoms with Gasteiger partial charge in [-0.05, 0) is 43.4 Å². The van der Waals surface area contributed by atoms with Gasteiger partial charge in [0.05, 0.1) is 10.6 Å². The number of thiazole rings is 1. The van der Waals surface area contributed by atoms with Crippen molar-refractivity contribution >= 4 is 32.4 Å². The quantitative estimate of drug-likeness (QED) is 0.714. The molecule has 25 heavy (non-hydrogen) atoms. The van der Waals surface area contributed by atoms with Gasteiger partial charge < -0.3 is 0 Å². The highest BCUT2D eigenvalue weighted by Gasteiger charge is 2.14. The zero-order valence-corrected chi connectivity index (χ0v) is 14.8. The second-order valence-corrected chi connectivity index (χ2v) is 7.71. The minimum absolute atomic E-state index is 0.0969. The molecule has 0 saturated heterocycles. The van der Waals surface area contributed by atoms with Gasteiger partial charge >= 0.3 is 0 Å². The molecule has 0 unspecified atom stereocenters. The maximum Gasteiger partial charge on any atom is 0.257 e. The third-order valence-corrected chi connectivity index (χ3v) is 5.57. The fourth-order valence-corrected chi connectivity index (χ4v) is 3.50. The Morgan fingerprint density at radius 3 is 2.56 bits per heavy atom. The molecule has 0 fully saturated rings. The SMILES string of the molecule is CNS(=O)(=O)c1ccc(C(=O)Nc2nc(-c3cccnc3)cs2)cc1. The molecule has 2 heterocycles. The minimum Gasteiger partial charge on any atom is -0.298 e. The van der Waals surface area contributed by atoms with Gasteiger partial charge in [0.1, 0.15) is 0 Å². The number of hydrogen-bond donors (Lipinski definition) is 2. The van der Waals surface area contributed by atoms with Crippen molar-refractivity contribution in [2.45, 2.75) is 4.90 Å². The number of sulfonamides is 1. The molecule has 0 atom stereocenters. The third-order valence-electron chi connectivity index (χ3n) is 3.38. The van der Waals surface area contributed by atoms with E-state index in [1.807, 2.05) is 17.5 Å². The van der Waals surface area contributed by atoms with Crippen LogP contribution in [0, 0.1) is 0 Å². The topological polar surface area (TPSA) is 101 Å². The summed E-state index contributed by atoms with van der Waals surface area (Å²) in [6, 6.07) is 9.36. The van der Waals surface area contributed by atoms with E-state index >= 15 is 0 Å². The van der Waals surface area contributed by atoms with Crippen LogP contribution in [0.5, 0.6) is 0 Å². The Morgan fingerprint density at radius 2 is 1.92 bits per heavy atom. The normalized spacial score (nSPS) is 11.2. The molecule has 2 N–H and O–H groups in total. The van der Waals surface area contributed by atoms with Crippen LogP contribution in [0.25, 0.3) is 11.3 Å². The Morgan fingerprint density at radius 1 is 1.16 bits per heavy atom. The van der Waals surface area contributed by atoms with Crippen molar-refractivity contribution in [3.05, 3.63) is 59.7 Å². The number of anilines is 1. The summed E-state index contributed by atoms with van der Waals surface area (Å²) in [5.74, 6) is -0.361. The van der Waals surface area contributed by atoms with Crippen molar-refractivity contribution in [2.75, 3.05) is 12.4 Å². The minimum atomic E-state index is -3.52. The molecular formula is C16H14N4O3S2. The molecule has 0 aliphatic rings. The summed E-state index contributed by atoms with van der Waals surface area (Å²) in [4.78, 5) is 20.8. The maximum atomic E-state index is 12.3. The van der Waals surface area contributed by atoms with E-state index in [1.54, 1.807) is 12.4 Å². The zero-order valence-electron chi connectivity index (χ0n) is 13.1. The van der Waals surface area contributed by atoms with E-state index in [0.29, 0.717) is 10.7 Å². The summed E-state index contributed by atoms with van der Waals surface area (Å²) in [6.07, 6.45) is 3.37. The summed E-state index contributed by atoms with van der Waals surface area (Å²) < 4.78 is 25.6. The van der Waals surface area contributed by atoms with E-state index in [1.165, 1.54) is 42.6 Å². The van der Waals surface area contributed by atoms with Crippen LogP contribution in [0.3, 0.4) is 0 Å². The molecule has 3 aromatic rings. The average Bonchev–Trinajstić information content (AvgIpc) is 3.11. The van der Waals surface area contributed by atoms with Crippen molar-refractivity contribution in [3.8, 4) is 11.3 Å². The Kier molecular flexibility index (Phi) is 4.88. The van der Waals surface area contributed by atoms with Crippen LogP contribution in [0.4, 0.5) is 5.13 Å². The Balaban J connectivity index is 1.74. The standard InChI is InChI=1S/C16H14N4O3S2/c1-17-25(22,23)13-6-4-11(5-7-13)15(21)20-16-19-14(10-24-16)12-3-2-8-18-9-12/h2-10,17H,1H3,(H,19,20,21). The van der Waals surface area contributed by atoms with Gasteiger partial charge in [0.2, 0.25) is 10.0 Å². The van der Waals surface area contributed by atoms with Crippen LogP contribution in [0.2, 0.25) is 0 Å². The highest BCUT2D eigenvalue weighted by molar-refractivity contribution is 7.89. The fraction of sp³-hybridized carbons (Fsp3) is 0.0625. The monoisotopic (exact) mass is 374 g/mol. The number of amides is 1. The molecule has 1 aromatic carbocycles. The molecule has 0 spiro atoms. The highest BCUT2D eigenvalue weighted by Crippen LogP contribution is 2.24. The van der Waals surface area contributed by atoms with Crippen LogP contribution in [-0.2, 0) is 10.0 Å². The van der Waals surface area contributed by atoms with Gasteiger partial charge in [-0.25, -0.2) is 18.1 Å². The zero-order chi connectivity index (χ0) is 17.9. The van der Waals surface area contributed by atoms with E-state index in [9.17, 15) is 13.2 Å². The van der Waals surface area contributed by atoms with Gasteiger partial charge in [0.15, 0.2) is 5.13 Å². The number of carbonyl (C=O) groups is 1. The third kappa shape index (κ3) is 3.90. The number of benzene rings is 1. The van der Waals surface area contributed by atoms with Crippen molar-refractivity contribution in [3.63, 3.8) is 0 Å². The van der Waals surface area contributed by atoms with E-state index in [0.717, 1.165) is 11.3 Å². The molecule has 0 saturated carbocycles. The Labute approximate surface area is 148 Å².